The van der Waals surface area contributed by atoms with Crippen molar-refractivity contribution in [2.24, 2.45) is 11.8 Å². The van der Waals surface area contributed by atoms with Crippen molar-refractivity contribution in [3.63, 3.8) is 0 Å². The highest BCUT2D eigenvalue weighted by Gasteiger charge is 2.36. The van der Waals surface area contributed by atoms with Crippen molar-refractivity contribution >= 4 is 10.2 Å². The Hall–Kier alpha value is -0.170. The summed E-state index contributed by atoms with van der Waals surface area (Å²) in [5, 5.41) is 3.57. The number of piperidine rings is 2. The molecular weight excluding hydrogens is 286 g/mol. The standard InChI is InChI=1S/C15H29N3O2S/c1-13-4-9-17(10-5-13)21(19,20)18-11-6-14(7-12-18)15-3-2-8-16-15/h13-16H,2-12H2,1H3. The first-order chi connectivity index (χ1) is 10.1. The maximum Gasteiger partial charge on any atom is 0.281 e. The van der Waals surface area contributed by atoms with Gasteiger partial charge in [-0.3, -0.25) is 0 Å². The van der Waals surface area contributed by atoms with Gasteiger partial charge in [0.1, 0.15) is 0 Å². The molecule has 5 nitrogen and oxygen atoms in total. The van der Waals surface area contributed by atoms with E-state index in [0.717, 1.165) is 32.2 Å². The summed E-state index contributed by atoms with van der Waals surface area (Å²) >= 11 is 0. The van der Waals surface area contributed by atoms with Crippen molar-refractivity contribution in [1.29, 1.82) is 0 Å². The van der Waals surface area contributed by atoms with E-state index in [0.29, 0.717) is 44.1 Å². The molecule has 6 heteroatoms. The molecule has 3 heterocycles. The van der Waals surface area contributed by atoms with E-state index in [1.165, 1.54) is 12.8 Å². The van der Waals surface area contributed by atoms with E-state index in [-0.39, 0.29) is 0 Å². The third kappa shape index (κ3) is 3.44. The van der Waals surface area contributed by atoms with Gasteiger partial charge >= 0.3 is 0 Å². The van der Waals surface area contributed by atoms with Crippen LogP contribution in [0.15, 0.2) is 0 Å². The van der Waals surface area contributed by atoms with Gasteiger partial charge in [-0.05, 0) is 56.9 Å². The Kier molecular flexibility index (Phi) is 4.88. The molecule has 0 spiro atoms. The Morgan fingerprint density at radius 1 is 0.905 bits per heavy atom. The quantitative estimate of drug-likeness (QED) is 0.857. The maximum absolute atomic E-state index is 12.7. The lowest BCUT2D eigenvalue weighted by Gasteiger charge is -2.38. The fourth-order valence-corrected chi connectivity index (χ4v) is 5.67. The van der Waals surface area contributed by atoms with Crippen molar-refractivity contribution < 1.29 is 8.42 Å². The van der Waals surface area contributed by atoms with Crippen molar-refractivity contribution in [3.8, 4) is 0 Å². The summed E-state index contributed by atoms with van der Waals surface area (Å²) in [6, 6.07) is 0.630. The molecule has 0 aromatic heterocycles. The summed E-state index contributed by atoms with van der Waals surface area (Å²) in [5.74, 6) is 1.33. The SMILES string of the molecule is CC1CCN(S(=O)(=O)N2CCC(C3CCCN3)CC2)CC1. The van der Waals surface area contributed by atoms with E-state index in [4.69, 9.17) is 0 Å². The second-order valence-corrected chi connectivity index (χ2v) is 8.96. The first-order valence-corrected chi connectivity index (χ1v) is 9.95. The lowest BCUT2D eigenvalue weighted by atomic mass is 9.89. The molecule has 3 aliphatic rings. The van der Waals surface area contributed by atoms with E-state index in [9.17, 15) is 8.42 Å². The Labute approximate surface area is 129 Å². The molecule has 0 saturated carbocycles. The molecule has 122 valence electrons. The molecule has 0 amide bonds. The molecule has 3 rings (SSSR count). The Morgan fingerprint density at radius 3 is 2.00 bits per heavy atom. The van der Waals surface area contributed by atoms with Crippen LogP contribution >= 0.6 is 0 Å². The number of nitrogens with zero attached hydrogens (tertiary/aromatic N) is 2. The minimum absolute atomic E-state index is 0.630. The maximum atomic E-state index is 12.7. The van der Waals surface area contributed by atoms with Gasteiger partial charge in [0.15, 0.2) is 0 Å². The zero-order valence-corrected chi connectivity index (χ0v) is 13.9. The average Bonchev–Trinajstić information content (AvgIpc) is 3.02. The first-order valence-electron chi connectivity index (χ1n) is 8.56. The van der Waals surface area contributed by atoms with Crippen molar-refractivity contribution in [1.82, 2.24) is 13.9 Å². The minimum Gasteiger partial charge on any atom is -0.314 e. The van der Waals surface area contributed by atoms with Gasteiger partial charge in [0.2, 0.25) is 0 Å². The van der Waals surface area contributed by atoms with Crippen LogP contribution in [0.1, 0.15) is 45.4 Å². The third-order valence-corrected chi connectivity index (χ3v) is 7.60. The highest BCUT2D eigenvalue weighted by atomic mass is 32.2. The topological polar surface area (TPSA) is 52.7 Å². The Morgan fingerprint density at radius 2 is 1.48 bits per heavy atom. The predicted molar refractivity (Wildman–Crippen MR) is 84.2 cm³/mol. The largest absolute Gasteiger partial charge is 0.314 e. The fraction of sp³-hybridized carbons (Fsp3) is 1.00. The highest BCUT2D eigenvalue weighted by Crippen LogP contribution is 2.28. The molecule has 1 atom stereocenters. The van der Waals surface area contributed by atoms with E-state index in [1.54, 1.807) is 8.61 Å². The lowest BCUT2D eigenvalue weighted by molar-refractivity contribution is 0.211. The van der Waals surface area contributed by atoms with Crippen LogP contribution in [0, 0.1) is 11.8 Å². The van der Waals surface area contributed by atoms with Crippen molar-refractivity contribution in [2.75, 3.05) is 32.7 Å². The first kappa shape index (κ1) is 15.7. The Bertz CT molecular complexity index is 432. The van der Waals surface area contributed by atoms with Gasteiger partial charge in [0, 0.05) is 32.2 Å². The van der Waals surface area contributed by atoms with Gasteiger partial charge in [-0.2, -0.15) is 17.0 Å². The van der Waals surface area contributed by atoms with Gasteiger partial charge in [0.25, 0.3) is 10.2 Å². The fourth-order valence-electron chi connectivity index (χ4n) is 4.00. The second kappa shape index (κ2) is 6.52. The van der Waals surface area contributed by atoms with Crippen LogP contribution in [0.25, 0.3) is 0 Å². The van der Waals surface area contributed by atoms with Crippen LogP contribution in [0.3, 0.4) is 0 Å². The summed E-state index contributed by atoms with van der Waals surface area (Å²) in [5.41, 5.74) is 0. The van der Waals surface area contributed by atoms with Crippen LogP contribution in [-0.4, -0.2) is 55.8 Å². The minimum atomic E-state index is -3.21. The molecule has 3 fully saturated rings. The molecular formula is C15H29N3O2S. The summed E-state index contributed by atoms with van der Waals surface area (Å²) in [4.78, 5) is 0. The third-order valence-electron chi connectivity index (χ3n) is 5.56. The predicted octanol–water partition coefficient (Wildman–Crippen LogP) is 1.43. The van der Waals surface area contributed by atoms with Gasteiger partial charge in [-0.1, -0.05) is 6.92 Å². The van der Waals surface area contributed by atoms with Gasteiger partial charge in [-0.25, -0.2) is 0 Å². The second-order valence-electron chi connectivity index (χ2n) is 7.03. The highest BCUT2D eigenvalue weighted by molar-refractivity contribution is 7.86. The van der Waals surface area contributed by atoms with Gasteiger partial charge in [-0.15, -0.1) is 0 Å². The van der Waals surface area contributed by atoms with Crippen LogP contribution in [0.2, 0.25) is 0 Å². The van der Waals surface area contributed by atoms with E-state index in [2.05, 4.69) is 12.2 Å². The number of hydrogen-bond acceptors (Lipinski definition) is 3. The molecule has 0 aromatic carbocycles. The molecule has 1 N–H and O–H groups in total. The number of nitrogens with one attached hydrogen (secondary N) is 1. The van der Waals surface area contributed by atoms with Crippen LogP contribution in [0.4, 0.5) is 0 Å². The lowest BCUT2D eigenvalue weighted by Crippen LogP contribution is -2.50. The van der Waals surface area contributed by atoms with Crippen molar-refractivity contribution in [2.45, 2.75) is 51.5 Å². The number of rotatable bonds is 3. The zero-order chi connectivity index (χ0) is 14.9. The van der Waals surface area contributed by atoms with Gasteiger partial charge in [0.05, 0.1) is 0 Å². The molecule has 0 aromatic rings. The van der Waals surface area contributed by atoms with Crippen LogP contribution in [-0.2, 0) is 10.2 Å². The van der Waals surface area contributed by atoms with Crippen molar-refractivity contribution in [3.05, 3.63) is 0 Å². The summed E-state index contributed by atoms with van der Waals surface area (Å²) in [6.07, 6.45) is 6.57. The monoisotopic (exact) mass is 315 g/mol. The molecule has 0 aliphatic carbocycles. The molecule has 0 radical (unpaired) electrons. The van der Waals surface area contributed by atoms with Gasteiger partial charge < -0.3 is 5.32 Å². The van der Waals surface area contributed by atoms with Crippen LogP contribution in [0.5, 0.6) is 0 Å². The Balaban J connectivity index is 1.55. The van der Waals surface area contributed by atoms with E-state index >= 15 is 0 Å². The molecule has 3 aliphatic heterocycles. The smallest absolute Gasteiger partial charge is 0.281 e. The average molecular weight is 315 g/mol. The summed E-state index contributed by atoms with van der Waals surface area (Å²) < 4.78 is 28.9. The summed E-state index contributed by atoms with van der Waals surface area (Å²) in [7, 11) is -3.21. The molecule has 1 unspecified atom stereocenters. The van der Waals surface area contributed by atoms with E-state index < -0.39 is 10.2 Å². The normalized spacial score (nSPS) is 31.8. The summed E-state index contributed by atoms with van der Waals surface area (Å²) in [6.45, 7) is 6.16. The molecule has 0 bridgehead atoms. The molecule has 3 saturated heterocycles. The zero-order valence-electron chi connectivity index (χ0n) is 13.1. The molecule has 21 heavy (non-hydrogen) atoms. The number of hydrogen-bond donors (Lipinski definition) is 1. The van der Waals surface area contributed by atoms with E-state index in [1.807, 2.05) is 0 Å². The van der Waals surface area contributed by atoms with Crippen LogP contribution < -0.4 is 5.32 Å².